The lowest BCUT2D eigenvalue weighted by atomic mass is 10.1. The number of anilines is 1. The summed E-state index contributed by atoms with van der Waals surface area (Å²) in [5, 5.41) is 2.76. The molecule has 23 heavy (non-hydrogen) atoms. The molecule has 2 aromatic carbocycles. The summed E-state index contributed by atoms with van der Waals surface area (Å²) in [6, 6.07) is 10.7. The first kappa shape index (κ1) is 15.8. The molecule has 2 aromatic rings. The highest BCUT2D eigenvalue weighted by Gasteiger charge is 2.21. The Kier molecular flexibility index (Phi) is 4.28. The van der Waals surface area contributed by atoms with Crippen molar-refractivity contribution in [1.29, 1.82) is 0 Å². The molecule has 120 valence electrons. The quantitative estimate of drug-likeness (QED) is 0.891. The fraction of sp³-hybridized carbons (Fsp3) is 0.188. The van der Waals surface area contributed by atoms with Crippen molar-refractivity contribution in [1.82, 2.24) is 4.72 Å². The average molecular weight is 351 g/mol. The number of sulfonamides is 1. The number of hydrogen-bond acceptors (Lipinski definition) is 3. The van der Waals surface area contributed by atoms with Gasteiger partial charge in [-0.25, -0.2) is 17.9 Å². The lowest BCUT2D eigenvalue weighted by molar-refractivity contribution is 0.256. The summed E-state index contributed by atoms with van der Waals surface area (Å²) in [5.41, 5.74) is 2.54. The van der Waals surface area contributed by atoms with Crippen LogP contribution >= 0.6 is 11.6 Å². The van der Waals surface area contributed by atoms with Crippen LogP contribution in [0.2, 0.25) is 5.02 Å². The van der Waals surface area contributed by atoms with Gasteiger partial charge in [0.1, 0.15) is 0 Å². The van der Waals surface area contributed by atoms with E-state index in [0.29, 0.717) is 10.7 Å². The maximum absolute atomic E-state index is 12.3. The van der Waals surface area contributed by atoms with Crippen LogP contribution in [0.5, 0.6) is 0 Å². The summed E-state index contributed by atoms with van der Waals surface area (Å²) in [7, 11) is -3.92. The number of urea groups is 1. The number of fused-ring (bicyclic) bond motifs is 1. The zero-order valence-electron chi connectivity index (χ0n) is 12.2. The zero-order valence-corrected chi connectivity index (χ0v) is 13.7. The van der Waals surface area contributed by atoms with Crippen molar-refractivity contribution in [2.45, 2.75) is 24.2 Å². The van der Waals surface area contributed by atoms with Crippen LogP contribution in [0.3, 0.4) is 0 Å². The molecule has 0 atom stereocenters. The van der Waals surface area contributed by atoms with E-state index in [4.69, 9.17) is 11.6 Å². The molecule has 2 amide bonds. The van der Waals surface area contributed by atoms with E-state index < -0.39 is 16.1 Å². The maximum Gasteiger partial charge on any atom is 0.333 e. The van der Waals surface area contributed by atoms with Crippen LogP contribution in [0.1, 0.15) is 17.5 Å². The Morgan fingerprint density at radius 3 is 2.57 bits per heavy atom. The van der Waals surface area contributed by atoms with Gasteiger partial charge in [-0.05, 0) is 54.7 Å². The third-order valence-corrected chi connectivity index (χ3v) is 5.39. The van der Waals surface area contributed by atoms with Crippen LogP contribution in [0.4, 0.5) is 10.5 Å². The van der Waals surface area contributed by atoms with E-state index in [2.05, 4.69) is 5.32 Å². The van der Waals surface area contributed by atoms with Gasteiger partial charge in [0.15, 0.2) is 0 Å². The Balaban J connectivity index is 1.76. The minimum Gasteiger partial charge on any atom is -0.306 e. The SMILES string of the molecule is O=C(Nc1ccccc1Cl)NS(=O)(=O)c1ccc2c(c1)CCC2. The van der Waals surface area contributed by atoms with Gasteiger partial charge in [0.2, 0.25) is 0 Å². The van der Waals surface area contributed by atoms with E-state index in [-0.39, 0.29) is 4.90 Å². The molecule has 7 heteroatoms. The van der Waals surface area contributed by atoms with Crippen molar-refractivity contribution in [2.75, 3.05) is 5.32 Å². The van der Waals surface area contributed by atoms with Crippen LogP contribution < -0.4 is 10.0 Å². The van der Waals surface area contributed by atoms with E-state index >= 15 is 0 Å². The van der Waals surface area contributed by atoms with E-state index in [1.165, 1.54) is 11.6 Å². The minimum absolute atomic E-state index is 0.0902. The lowest BCUT2D eigenvalue weighted by Crippen LogP contribution is -2.34. The summed E-state index contributed by atoms with van der Waals surface area (Å²) in [6.45, 7) is 0. The van der Waals surface area contributed by atoms with Crippen molar-refractivity contribution >= 4 is 33.3 Å². The second-order valence-corrected chi connectivity index (χ2v) is 7.41. The van der Waals surface area contributed by atoms with Crippen LogP contribution in [-0.4, -0.2) is 14.4 Å². The Morgan fingerprint density at radius 2 is 1.78 bits per heavy atom. The van der Waals surface area contributed by atoms with Gasteiger partial charge in [-0.2, -0.15) is 0 Å². The zero-order chi connectivity index (χ0) is 16.4. The van der Waals surface area contributed by atoms with Gasteiger partial charge in [0.05, 0.1) is 15.6 Å². The third kappa shape index (κ3) is 3.48. The fourth-order valence-corrected chi connectivity index (χ4v) is 3.75. The average Bonchev–Trinajstić information content (AvgIpc) is 2.96. The number of halogens is 1. The van der Waals surface area contributed by atoms with Crippen molar-refractivity contribution < 1.29 is 13.2 Å². The van der Waals surface area contributed by atoms with E-state index in [1.54, 1.807) is 30.3 Å². The number of rotatable bonds is 3. The van der Waals surface area contributed by atoms with Gasteiger partial charge in [0.25, 0.3) is 10.0 Å². The standard InChI is InChI=1S/C16H15ClN2O3S/c17-14-6-1-2-7-15(14)18-16(20)19-23(21,22)13-9-8-11-4-3-5-12(11)10-13/h1-2,6-10H,3-5H2,(H2,18,19,20). The molecular weight excluding hydrogens is 336 g/mol. The molecule has 0 spiro atoms. The number of carbonyl (C=O) groups is 1. The summed E-state index contributed by atoms with van der Waals surface area (Å²) in [5.74, 6) is 0. The number of para-hydroxylation sites is 1. The Morgan fingerprint density at radius 1 is 1.04 bits per heavy atom. The molecule has 0 aromatic heterocycles. The third-order valence-electron chi connectivity index (χ3n) is 3.73. The van der Waals surface area contributed by atoms with Crippen molar-refractivity contribution in [2.24, 2.45) is 0 Å². The van der Waals surface area contributed by atoms with Crippen LogP contribution in [0.15, 0.2) is 47.4 Å². The molecule has 0 aliphatic heterocycles. The molecule has 3 rings (SSSR count). The Hall–Kier alpha value is -2.05. The molecular formula is C16H15ClN2O3S. The highest BCUT2D eigenvalue weighted by molar-refractivity contribution is 7.90. The van der Waals surface area contributed by atoms with Gasteiger partial charge in [0, 0.05) is 0 Å². The normalized spacial score (nSPS) is 13.4. The van der Waals surface area contributed by atoms with Gasteiger partial charge < -0.3 is 5.32 Å². The number of carbonyl (C=O) groups excluding carboxylic acids is 1. The molecule has 0 bridgehead atoms. The lowest BCUT2D eigenvalue weighted by Gasteiger charge is -2.10. The first-order valence-electron chi connectivity index (χ1n) is 7.16. The predicted molar refractivity (Wildman–Crippen MR) is 89.3 cm³/mol. The Bertz CT molecular complexity index is 865. The largest absolute Gasteiger partial charge is 0.333 e. The molecule has 0 fully saturated rings. The number of amides is 2. The summed E-state index contributed by atoms with van der Waals surface area (Å²) >= 11 is 5.93. The van der Waals surface area contributed by atoms with E-state index in [1.807, 2.05) is 10.8 Å². The second kappa shape index (κ2) is 6.22. The Labute approximate surface area is 139 Å². The monoisotopic (exact) mass is 350 g/mol. The molecule has 0 saturated carbocycles. The molecule has 0 heterocycles. The number of hydrogen-bond donors (Lipinski definition) is 2. The van der Waals surface area contributed by atoms with Gasteiger partial charge in [-0.15, -0.1) is 0 Å². The molecule has 0 saturated heterocycles. The van der Waals surface area contributed by atoms with Crippen LogP contribution in [0, 0.1) is 0 Å². The highest BCUT2D eigenvalue weighted by atomic mass is 35.5. The smallest absolute Gasteiger partial charge is 0.306 e. The molecule has 1 aliphatic carbocycles. The molecule has 0 radical (unpaired) electrons. The number of aryl methyl sites for hydroxylation is 2. The number of benzene rings is 2. The maximum atomic E-state index is 12.3. The first-order valence-corrected chi connectivity index (χ1v) is 9.02. The van der Waals surface area contributed by atoms with Gasteiger partial charge in [-0.1, -0.05) is 29.8 Å². The second-order valence-electron chi connectivity index (χ2n) is 5.32. The van der Waals surface area contributed by atoms with Crippen molar-refractivity contribution in [3.63, 3.8) is 0 Å². The highest BCUT2D eigenvalue weighted by Crippen LogP contribution is 2.25. The minimum atomic E-state index is -3.92. The molecule has 2 N–H and O–H groups in total. The van der Waals surface area contributed by atoms with Crippen molar-refractivity contribution in [3.8, 4) is 0 Å². The molecule has 1 aliphatic rings. The predicted octanol–water partition coefficient (Wildman–Crippen LogP) is 3.34. The summed E-state index contributed by atoms with van der Waals surface area (Å²) < 4.78 is 26.6. The first-order chi connectivity index (χ1) is 11.0. The van der Waals surface area contributed by atoms with Crippen molar-refractivity contribution in [3.05, 3.63) is 58.6 Å². The topological polar surface area (TPSA) is 75.3 Å². The van der Waals surface area contributed by atoms with Crippen LogP contribution in [-0.2, 0) is 22.9 Å². The van der Waals surface area contributed by atoms with E-state index in [9.17, 15) is 13.2 Å². The van der Waals surface area contributed by atoms with Gasteiger partial charge in [-0.3, -0.25) is 0 Å². The number of nitrogens with one attached hydrogen (secondary N) is 2. The van der Waals surface area contributed by atoms with E-state index in [0.717, 1.165) is 24.8 Å². The van der Waals surface area contributed by atoms with Gasteiger partial charge >= 0.3 is 6.03 Å². The summed E-state index contributed by atoms with van der Waals surface area (Å²) in [6.07, 6.45) is 2.86. The van der Waals surface area contributed by atoms with Crippen LogP contribution in [0.25, 0.3) is 0 Å². The fourth-order valence-electron chi connectivity index (χ4n) is 2.61. The summed E-state index contributed by atoms with van der Waals surface area (Å²) in [4.78, 5) is 12.0. The molecule has 5 nitrogen and oxygen atoms in total. The molecule has 0 unspecified atom stereocenters.